The normalized spacial score (nSPS) is 17.2. The number of hydrogen-bond donors (Lipinski definition) is 1. The summed E-state index contributed by atoms with van der Waals surface area (Å²) in [7, 11) is 1.66. The molecule has 0 aliphatic heterocycles. The maximum absolute atomic E-state index is 12.4. The summed E-state index contributed by atoms with van der Waals surface area (Å²) in [6, 6.07) is 10.1. The molecule has 0 saturated carbocycles. The minimum Gasteiger partial charge on any atom is -0.383 e. The molecule has 22 heavy (non-hydrogen) atoms. The van der Waals surface area contributed by atoms with E-state index in [1.165, 1.54) is 0 Å². The first-order valence-electron chi connectivity index (χ1n) is 8.00. The predicted molar refractivity (Wildman–Crippen MR) is 88.6 cm³/mol. The molecule has 0 heterocycles. The third kappa shape index (κ3) is 5.53. The standard InChI is InChI=1S/C18H26N2O2/c1-22-13-12-20(15-17-10-6-3-7-11-17)18(21)19-14-16-8-4-2-5-9-16/h2-4,6-7,10-11,16H,5,8-9,12-15H2,1H3,(H,19,21). The van der Waals surface area contributed by atoms with Gasteiger partial charge in [-0.25, -0.2) is 4.79 Å². The zero-order valence-electron chi connectivity index (χ0n) is 13.3. The smallest absolute Gasteiger partial charge is 0.317 e. The number of benzene rings is 1. The average molecular weight is 302 g/mol. The highest BCUT2D eigenvalue weighted by atomic mass is 16.5. The van der Waals surface area contributed by atoms with E-state index >= 15 is 0 Å². The molecule has 0 fully saturated rings. The Morgan fingerprint density at radius 3 is 2.82 bits per heavy atom. The van der Waals surface area contributed by atoms with Crippen molar-refractivity contribution >= 4 is 6.03 Å². The van der Waals surface area contributed by atoms with Crippen LogP contribution < -0.4 is 5.32 Å². The Hall–Kier alpha value is -1.81. The summed E-state index contributed by atoms with van der Waals surface area (Å²) in [6.45, 7) is 2.51. The van der Waals surface area contributed by atoms with Gasteiger partial charge in [0.2, 0.25) is 0 Å². The van der Waals surface area contributed by atoms with Gasteiger partial charge >= 0.3 is 6.03 Å². The second-order valence-electron chi connectivity index (χ2n) is 5.74. The number of urea groups is 1. The van der Waals surface area contributed by atoms with Gasteiger partial charge in [0.25, 0.3) is 0 Å². The van der Waals surface area contributed by atoms with Gasteiger partial charge in [0, 0.05) is 26.7 Å². The summed E-state index contributed by atoms with van der Waals surface area (Å²) < 4.78 is 5.12. The molecular weight excluding hydrogens is 276 g/mol. The highest BCUT2D eigenvalue weighted by molar-refractivity contribution is 5.74. The maximum atomic E-state index is 12.4. The molecule has 0 spiro atoms. The largest absolute Gasteiger partial charge is 0.383 e. The number of nitrogens with one attached hydrogen (secondary N) is 1. The second-order valence-corrected chi connectivity index (χ2v) is 5.74. The first-order chi connectivity index (χ1) is 10.8. The van der Waals surface area contributed by atoms with Gasteiger partial charge in [0.1, 0.15) is 0 Å². The highest BCUT2D eigenvalue weighted by Crippen LogP contribution is 2.17. The number of nitrogens with zero attached hydrogens (tertiary/aromatic N) is 1. The van der Waals surface area contributed by atoms with E-state index in [1.54, 1.807) is 7.11 Å². The van der Waals surface area contributed by atoms with Crippen molar-refractivity contribution in [1.29, 1.82) is 0 Å². The SMILES string of the molecule is COCCN(Cc1ccccc1)C(=O)NCC1CC=CCC1. The fourth-order valence-electron chi connectivity index (χ4n) is 2.64. The first-order valence-corrected chi connectivity index (χ1v) is 8.00. The van der Waals surface area contributed by atoms with Gasteiger partial charge in [-0.05, 0) is 30.7 Å². The molecule has 2 amide bonds. The van der Waals surface area contributed by atoms with Crippen LogP contribution in [0.15, 0.2) is 42.5 Å². The molecule has 0 saturated heterocycles. The van der Waals surface area contributed by atoms with Crippen LogP contribution in [0.1, 0.15) is 24.8 Å². The van der Waals surface area contributed by atoms with Crippen LogP contribution in [0.2, 0.25) is 0 Å². The fraction of sp³-hybridized carbons (Fsp3) is 0.500. The summed E-state index contributed by atoms with van der Waals surface area (Å²) in [4.78, 5) is 14.3. The Kier molecular flexibility index (Phi) is 6.97. The lowest BCUT2D eigenvalue weighted by molar-refractivity contribution is 0.145. The van der Waals surface area contributed by atoms with Gasteiger partial charge in [0.15, 0.2) is 0 Å². The quantitative estimate of drug-likeness (QED) is 0.786. The van der Waals surface area contributed by atoms with Gasteiger partial charge in [-0.15, -0.1) is 0 Å². The number of rotatable bonds is 7. The number of hydrogen-bond acceptors (Lipinski definition) is 2. The third-order valence-corrected chi connectivity index (χ3v) is 3.99. The van der Waals surface area contributed by atoms with Crippen LogP contribution in [0.3, 0.4) is 0 Å². The Labute approximate surface area is 133 Å². The van der Waals surface area contributed by atoms with E-state index in [1.807, 2.05) is 35.2 Å². The molecule has 1 aliphatic rings. The minimum atomic E-state index is -0.00421. The Morgan fingerprint density at radius 2 is 2.14 bits per heavy atom. The van der Waals surface area contributed by atoms with E-state index < -0.39 is 0 Å². The van der Waals surface area contributed by atoms with Crippen LogP contribution in [0.4, 0.5) is 4.79 Å². The Balaban J connectivity index is 1.86. The number of methoxy groups -OCH3 is 1. The van der Waals surface area contributed by atoms with Crippen molar-refractivity contribution in [1.82, 2.24) is 10.2 Å². The van der Waals surface area contributed by atoms with Gasteiger partial charge in [-0.2, -0.15) is 0 Å². The molecule has 0 bridgehead atoms. The second kappa shape index (κ2) is 9.26. The topological polar surface area (TPSA) is 41.6 Å². The molecule has 2 rings (SSSR count). The van der Waals surface area contributed by atoms with Crippen LogP contribution in [0.5, 0.6) is 0 Å². The number of carbonyl (C=O) groups is 1. The minimum absolute atomic E-state index is 0.00421. The molecular formula is C18H26N2O2. The lowest BCUT2D eigenvalue weighted by Gasteiger charge is -2.25. The van der Waals surface area contributed by atoms with Crippen LogP contribution in [-0.4, -0.2) is 37.7 Å². The van der Waals surface area contributed by atoms with E-state index in [0.717, 1.165) is 31.4 Å². The molecule has 1 aromatic rings. The summed E-state index contributed by atoms with van der Waals surface area (Å²) in [6.07, 6.45) is 7.79. The fourth-order valence-corrected chi connectivity index (χ4v) is 2.64. The molecule has 0 aromatic heterocycles. The summed E-state index contributed by atoms with van der Waals surface area (Å²) in [5, 5.41) is 3.08. The Morgan fingerprint density at radius 1 is 1.32 bits per heavy atom. The van der Waals surface area contributed by atoms with Crippen molar-refractivity contribution in [3.63, 3.8) is 0 Å². The van der Waals surface area contributed by atoms with Gasteiger partial charge in [-0.1, -0.05) is 42.5 Å². The van der Waals surface area contributed by atoms with E-state index in [4.69, 9.17) is 4.74 Å². The van der Waals surface area contributed by atoms with Crippen LogP contribution in [0.25, 0.3) is 0 Å². The average Bonchev–Trinajstić information content (AvgIpc) is 2.58. The summed E-state index contributed by atoms with van der Waals surface area (Å²) in [5.41, 5.74) is 1.13. The van der Waals surface area contributed by atoms with Crippen molar-refractivity contribution < 1.29 is 9.53 Å². The van der Waals surface area contributed by atoms with E-state index in [2.05, 4.69) is 17.5 Å². The Bertz CT molecular complexity index is 473. The number of ether oxygens (including phenoxy) is 1. The number of allylic oxidation sites excluding steroid dienone is 2. The van der Waals surface area contributed by atoms with Gasteiger partial charge in [0.05, 0.1) is 6.61 Å². The van der Waals surface area contributed by atoms with Crippen LogP contribution in [0, 0.1) is 5.92 Å². The number of amides is 2. The molecule has 1 aromatic carbocycles. The molecule has 1 aliphatic carbocycles. The first kappa shape index (κ1) is 16.6. The highest BCUT2D eigenvalue weighted by Gasteiger charge is 2.16. The third-order valence-electron chi connectivity index (χ3n) is 3.99. The summed E-state index contributed by atoms with van der Waals surface area (Å²) in [5.74, 6) is 0.565. The van der Waals surface area contributed by atoms with E-state index in [0.29, 0.717) is 25.6 Å². The van der Waals surface area contributed by atoms with Gasteiger partial charge < -0.3 is 15.0 Å². The van der Waals surface area contributed by atoms with Crippen molar-refractivity contribution in [2.24, 2.45) is 5.92 Å². The predicted octanol–water partition coefficient (Wildman–Crippen LogP) is 3.20. The molecule has 0 radical (unpaired) electrons. The zero-order chi connectivity index (χ0) is 15.6. The summed E-state index contributed by atoms with van der Waals surface area (Å²) >= 11 is 0. The maximum Gasteiger partial charge on any atom is 0.317 e. The molecule has 1 N–H and O–H groups in total. The lowest BCUT2D eigenvalue weighted by Crippen LogP contribution is -2.43. The molecule has 120 valence electrons. The molecule has 1 unspecified atom stereocenters. The molecule has 4 nitrogen and oxygen atoms in total. The van der Waals surface area contributed by atoms with Crippen LogP contribution in [-0.2, 0) is 11.3 Å². The molecule has 1 atom stereocenters. The lowest BCUT2D eigenvalue weighted by atomic mass is 9.94. The van der Waals surface area contributed by atoms with Crippen molar-refractivity contribution in [3.05, 3.63) is 48.0 Å². The van der Waals surface area contributed by atoms with Crippen molar-refractivity contribution in [3.8, 4) is 0 Å². The van der Waals surface area contributed by atoms with Crippen LogP contribution >= 0.6 is 0 Å². The molecule has 4 heteroatoms. The van der Waals surface area contributed by atoms with Crippen molar-refractivity contribution in [2.75, 3.05) is 26.8 Å². The van der Waals surface area contributed by atoms with Gasteiger partial charge in [-0.3, -0.25) is 0 Å². The van der Waals surface area contributed by atoms with E-state index in [-0.39, 0.29) is 6.03 Å². The number of carbonyl (C=O) groups excluding carboxylic acids is 1. The van der Waals surface area contributed by atoms with E-state index in [9.17, 15) is 4.79 Å². The zero-order valence-corrected chi connectivity index (χ0v) is 13.3. The van der Waals surface area contributed by atoms with Crippen molar-refractivity contribution in [2.45, 2.75) is 25.8 Å². The monoisotopic (exact) mass is 302 g/mol.